The molecule has 0 saturated carbocycles. The summed E-state index contributed by atoms with van der Waals surface area (Å²) in [6, 6.07) is 7.61. The predicted octanol–water partition coefficient (Wildman–Crippen LogP) is 2.44. The molecule has 0 spiro atoms. The van der Waals surface area contributed by atoms with Crippen LogP contribution < -0.4 is 10.6 Å². The Morgan fingerprint density at radius 2 is 2.00 bits per heavy atom. The fraction of sp³-hybridized carbons (Fsp3) is 0.467. The summed E-state index contributed by atoms with van der Waals surface area (Å²) in [6.07, 6.45) is 0.422. The van der Waals surface area contributed by atoms with E-state index in [1.165, 1.54) is 0 Å². The highest BCUT2D eigenvalue weighted by Crippen LogP contribution is 2.11. The number of hydrogen-bond acceptors (Lipinski definition) is 2. The Morgan fingerprint density at radius 1 is 1.30 bits per heavy atom. The number of hydrogen-bond donors (Lipinski definition) is 3. The monoisotopic (exact) mass is 278 g/mol. The van der Waals surface area contributed by atoms with Crippen LogP contribution in [0.1, 0.15) is 37.8 Å². The second-order valence-corrected chi connectivity index (χ2v) is 5.57. The molecule has 0 aliphatic carbocycles. The van der Waals surface area contributed by atoms with Crippen LogP contribution in [-0.2, 0) is 11.3 Å². The SMILES string of the molecule is Cc1cccc(CNC(=O)NC(C)(C)CCC(=O)O)c1. The quantitative estimate of drug-likeness (QED) is 0.748. The molecule has 3 N–H and O–H groups in total. The van der Waals surface area contributed by atoms with Crippen LogP contribution in [0.5, 0.6) is 0 Å². The van der Waals surface area contributed by atoms with Gasteiger partial charge in [-0.25, -0.2) is 4.79 Å². The summed E-state index contributed by atoms with van der Waals surface area (Å²) in [6.45, 7) is 6.06. The smallest absolute Gasteiger partial charge is 0.315 e. The van der Waals surface area contributed by atoms with E-state index in [-0.39, 0.29) is 12.5 Å². The molecule has 1 rings (SSSR count). The van der Waals surface area contributed by atoms with E-state index in [1.807, 2.05) is 45.0 Å². The van der Waals surface area contributed by atoms with E-state index in [0.29, 0.717) is 13.0 Å². The molecule has 2 amide bonds. The van der Waals surface area contributed by atoms with Gasteiger partial charge in [-0.3, -0.25) is 4.79 Å². The van der Waals surface area contributed by atoms with Crippen molar-refractivity contribution in [2.75, 3.05) is 0 Å². The number of carbonyl (C=O) groups excluding carboxylic acids is 1. The molecule has 20 heavy (non-hydrogen) atoms. The van der Waals surface area contributed by atoms with E-state index < -0.39 is 11.5 Å². The second-order valence-electron chi connectivity index (χ2n) is 5.57. The van der Waals surface area contributed by atoms with Crippen LogP contribution in [-0.4, -0.2) is 22.6 Å². The van der Waals surface area contributed by atoms with E-state index in [1.54, 1.807) is 0 Å². The molecule has 0 atom stereocenters. The van der Waals surface area contributed by atoms with Crippen LogP contribution in [0, 0.1) is 6.92 Å². The second kappa shape index (κ2) is 6.93. The predicted molar refractivity (Wildman–Crippen MR) is 77.5 cm³/mol. The van der Waals surface area contributed by atoms with Crippen molar-refractivity contribution in [1.82, 2.24) is 10.6 Å². The number of aryl methyl sites for hydroxylation is 1. The van der Waals surface area contributed by atoms with Crippen molar-refractivity contribution < 1.29 is 14.7 Å². The zero-order valence-corrected chi connectivity index (χ0v) is 12.2. The summed E-state index contributed by atoms with van der Waals surface area (Å²) in [7, 11) is 0. The first kappa shape index (κ1) is 16.0. The van der Waals surface area contributed by atoms with Gasteiger partial charge in [-0.1, -0.05) is 29.8 Å². The number of rotatable bonds is 6. The lowest BCUT2D eigenvalue weighted by Gasteiger charge is -2.25. The summed E-state index contributed by atoms with van der Waals surface area (Å²) >= 11 is 0. The van der Waals surface area contributed by atoms with Crippen LogP contribution in [0.25, 0.3) is 0 Å². The van der Waals surface area contributed by atoms with Crippen LogP contribution in [0.2, 0.25) is 0 Å². The largest absolute Gasteiger partial charge is 0.481 e. The normalized spacial score (nSPS) is 10.9. The first-order valence-electron chi connectivity index (χ1n) is 6.62. The number of amides is 2. The Morgan fingerprint density at radius 3 is 2.60 bits per heavy atom. The van der Waals surface area contributed by atoms with Gasteiger partial charge in [0.1, 0.15) is 0 Å². The minimum atomic E-state index is -0.861. The molecule has 0 radical (unpaired) electrons. The third-order valence-corrected chi connectivity index (χ3v) is 2.95. The molecule has 0 aliphatic rings. The number of benzene rings is 1. The molecule has 110 valence electrons. The van der Waals surface area contributed by atoms with Crippen molar-refractivity contribution in [2.45, 2.75) is 45.7 Å². The van der Waals surface area contributed by atoms with Crippen molar-refractivity contribution in [2.24, 2.45) is 0 Å². The van der Waals surface area contributed by atoms with Crippen LogP contribution >= 0.6 is 0 Å². The zero-order chi connectivity index (χ0) is 15.2. The Hall–Kier alpha value is -2.04. The number of carbonyl (C=O) groups is 2. The molecule has 1 aromatic rings. The molecule has 0 aromatic heterocycles. The Bertz CT molecular complexity index is 484. The van der Waals surface area contributed by atoms with Gasteiger partial charge in [-0.15, -0.1) is 0 Å². The van der Waals surface area contributed by atoms with Crippen molar-refractivity contribution in [3.05, 3.63) is 35.4 Å². The van der Waals surface area contributed by atoms with Gasteiger partial charge in [0.25, 0.3) is 0 Å². The average Bonchev–Trinajstić information content (AvgIpc) is 2.34. The van der Waals surface area contributed by atoms with Gasteiger partial charge in [0.05, 0.1) is 0 Å². The fourth-order valence-electron chi connectivity index (χ4n) is 1.84. The van der Waals surface area contributed by atoms with Gasteiger partial charge in [-0.05, 0) is 32.8 Å². The summed E-state index contributed by atoms with van der Waals surface area (Å²) in [5, 5.41) is 14.2. The van der Waals surface area contributed by atoms with E-state index in [0.717, 1.165) is 11.1 Å². The molecule has 0 saturated heterocycles. The summed E-state index contributed by atoms with van der Waals surface area (Å²) in [5.41, 5.74) is 1.63. The number of urea groups is 1. The van der Waals surface area contributed by atoms with E-state index in [4.69, 9.17) is 5.11 Å². The van der Waals surface area contributed by atoms with Gasteiger partial charge in [0, 0.05) is 18.5 Å². The standard InChI is InChI=1S/C15H22N2O3/c1-11-5-4-6-12(9-11)10-16-14(20)17-15(2,3)8-7-13(18)19/h4-6,9H,7-8,10H2,1-3H3,(H,18,19)(H2,16,17,20). The van der Waals surface area contributed by atoms with Crippen LogP contribution in [0.4, 0.5) is 4.79 Å². The zero-order valence-electron chi connectivity index (χ0n) is 12.2. The lowest BCUT2D eigenvalue weighted by atomic mass is 9.99. The third-order valence-electron chi connectivity index (χ3n) is 2.95. The van der Waals surface area contributed by atoms with Crippen LogP contribution in [0.15, 0.2) is 24.3 Å². The molecule has 1 aromatic carbocycles. The van der Waals surface area contributed by atoms with Crippen molar-refractivity contribution in [3.63, 3.8) is 0 Å². The molecular formula is C15H22N2O3. The highest BCUT2D eigenvalue weighted by Gasteiger charge is 2.21. The third kappa shape index (κ3) is 6.22. The van der Waals surface area contributed by atoms with Gasteiger partial charge >= 0.3 is 12.0 Å². The maximum Gasteiger partial charge on any atom is 0.315 e. The van der Waals surface area contributed by atoms with E-state index >= 15 is 0 Å². The molecule has 0 bridgehead atoms. The topological polar surface area (TPSA) is 78.4 Å². The molecule has 0 aliphatic heterocycles. The highest BCUT2D eigenvalue weighted by molar-refractivity contribution is 5.75. The number of aliphatic carboxylic acids is 1. The Kier molecular flexibility index (Phi) is 5.55. The number of carboxylic acids is 1. The van der Waals surface area contributed by atoms with Gasteiger partial charge < -0.3 is 15.7 Å². The van der Waals surface area contributed by atoms with Crippen molar-refractivity contribution >= 4 is 12.0 Å². The maximum atomic E-state index is 11.8. The molecular weight excluding hydrogens is 256 g/mol. The first-order chi connectivity index (χ1) is 9.28. The van der Waals surface area contributed by atoms with E-state index in [9.17, 15) is 9.59 Å². The number of nitrogens with one attached hydrogen (secondary N) is 2. The first-order valence-corrected chi connectivity index (χ1v) is 6.62. The molecule has 5 heteroatoms. The Labute approximate surface area is 119 Å². The van der Waals surface area contributed by atoms with Gasteiger partial charge in [-0.2, -0.15) is 0 Å². The summed E-state index contributed by atoms with van der Waals surface area (Å²) in [4.78, 5) is 22.3. The minimum absolute atomic E-state index is 0.0329. The molecule has 0 fully saturated rings. The summed E-state index contributed by atoms with van der Waals surface area (Å²) in [5.74, 6) is -0.861. The minimum Gasteiger partial charge on any atom is -0.481 e. The average molecular weight is 278 g/mol. The molecule has 5 nitrogen and oxygen atoms in total. The van der Waals surface area contributed by atoms with Crippen LogP contribution in [0.3, 0.4) is 0 Å². The van der Waals surface area contributed by atoms with Gasteiger partial charge in [0.15, 0.2) is 0 Å². The molecule has 0 heterocycles. The fourth-order valence-corrected chi connectivity index (χ4v) is 1.84. The van der Waals surface area contributed by atoms with Gasteiger partial charge in [0.2, 0.25) is 0 Å². The lowest BCUT2D eigenvalue weighted by molar-refractivity contribution is -0.137. The lowest BCUT2D eigenvalue weighted by Crippen LogP contribution is -2.48. The van der Waals surface area contributed by atoms with Crippen molar-refractivity contribution in [1.29, 1.82) is 0 Å². The highest BCUT2D eigenvalue weighted by atomic mass is 16.4. The Balaban J connectivity index is 2.41. The summed E-state index contributed by atoms with van der Waals surface area (Å²) < 4.78 is 0. The van der Waals surface area contributed by atoms with E-state index in [2.05, 4.69) is 10.6 Å². The maximum absolute atomic E-state index is 11.8. The molecule has 0 unspecified atom stereocenters. The number of carboxylic acid groups (broad SMARTS) is 1. The van der Waals surface area contributed by atoms with Crippen molar-refractivity contribution in [3.8, 4) is 0 Å².